The van der Waals surface area contributed by atoms with Gasteiger partial charge in [-0.25, -0.2) is 9.18 Å². The Balaban J connectivity index is 2.92. The maximum Gasteiger partial charge on any atom is 0.338 e. The molecule has 0 heterocycles. The number of halogens is 1. The maximum absolute atomic E-state index is 13.5. The van der Waals surface area contributed by atoms with Gasteiger partial charge < -0.3 is 16.2 Å². The first-order valence-corrected chi connectivity index (χ1v) is 6.60. The van der Waals surface area contributed by atoms with E-state index in [1.54, 1.807) is 11.8 Å². The summed E-state index contributed by atoms with van der Waals surface area (Å²) in [6.45, 7) is 4.69. The van der Waals surface area contributed by atoms with E-state index in [0.29, 0.717) is 12.2 Å². The van der Waals surface area contributed by atoms with E-state index < -0.39 is 17.3 Å². The summed E-state index contributed by atoms with van der Waals surface area (Å²) in [6.07, 6.45) is 1.99. The lowest BCUT2D eigenvalue weighted by Gasteiger charge is -2.23. The number of carbonyl (C=O) groups is 1. The Morgan fingerprint density at radius 3 is 2.67 bits per heavy atom. The van der Waals surface area contributed by atoms with Crippen LogP contribution in [0, 0.1) is 5.82 Å². The number of carboxylic acid groups (broad SMARTS) is 1. The largest absolute Gasteiger partial charge is 0.478 e. The lowest BCUT2D eigenvalue weighted by Crippen LogP contribution is -2.26. The zero-order valence-corrected chi connectivity index (χ0v) is 11.4. The summed E-state index contributed by atoms with van der Waals surface area (Å²) in [4.78, 5) is 10.7. The number of nitrogens with two attached hydrogens (primary N) is 1. The van der Waals surface area contributed by atoms with E-state index in [0.717, 1.165) is 12.1 Å². The first kappa shape index (κ1) is 14.6. The third kappa shape index (κ3) is 3.53. The molecule has 4 N–H and O–H groups in total. The molecule has 0 fully saturated rings. The van der Waals surface area contributed by atoms with Gasteiger partial charge in [0.1, 0.15) is 5.82 Å². The molecule has 0 aliphatic rings. The smallest absolute Gasteiger partial charge is 0.338 e. The Morgan fingerprint density at radius 2 is 2.17 bits per heavy atom. The van der Waals surface area contributed by atoms with Crippen LogP contribution in [0.4, 0.5) is 15.8 Å². The van der Waals surface area contributed by atoms with Crippen molar-refractivity contribution in [2.45, 2.75) is 18.6 Å². The fourth-order valence-electron chi connectivity index (χ4n) is 1.29. The highest BCUT2D eigenvalue weighted by molar-refractivity contribution is 7.99. The van der Waals surface area contributed by atoms with E-state index in [-0.39, 0.29) is 10.4 Å². The van der Waals surface area contributed by atoms with Gasteiger partial charge in [0.05, 0.1) is 16.9 Å². The predicted octanol–water partition coefficient (Wildman–Crippen LogP) is 2.66. The molecule has 0 saturated heterocycles. The van der Waals surface area contributed by atoms with E-state index in [9.17, 15) is 9.18 Å². The Hall–Kier alpha value is -1.43. The van der Waals surface area contributed by atoms with Crippen LogP contribution in [-0.4, -0.2) is 28.6 Å². The summed E-state index contributed by atoms with van der Waals surface area (Å²) in [5.41, 5.74) is 5.93. The summed E-state index contributed by atoms with van der Waals surface area (Å²) in [5.74, 6) is -2.11. The van der Waals surface area contributed by atoms with Gasteiger partial charge in [0.2, 0.25) is 0 Å². The van der Waals surface area contributed by atoms with Gasteiger partial charge in [-0.2, -0.15) is 11.8 Å². The molecule has 0 bridgehead atoms. The van der Waals surface area contributed by atoms with E-state index in [4.69, 9.17) is 10.8 Å². The van der Waals surface area contributed by atoms with Crippen molar-refractivity contribution in [1.29, 1.82) is 0 Å². The minimum Gasteiger partial charge on any atom is -0.478 e. The molecule has 0 aromatic heterocycles. The van der Waals surface area contributed by atoms with Gasteiger partial charge in [0.15, 0.2) is 0 Å². The van der Waals surface area contributed by atoms with Gasteiger partial charge in [-0.05, 0) is 32.2 Å². The molecule has 0 saturated carbocycles. The maximum atomic E-state index is 13.5. The summed E-state index contributed by atoms with van der Waals surface area (Å²) in [7, 11) is 0. The van der Waals surface area contributed by atoms with Crippen LogP contribution in [0.2, 0.25) is 0 Å². The number of hydrogen-bond donors (Lipinski definition) is 3. The van der Waals surface area contributed by atoms with Gasteiger partial charge in [-0.1, -0.05) is 0 Å². The Morgan fingerprint density at radius 1 is 1.56 bits per heavy atom. The standard InChI is InChI=1S/C12H17FN2O2S/c1-12(2,18-3)6-15-10-5-8(13)7(11(16)17)4-9(10)14/h4-5,15H,6,14H2,1-3H3,(H,16,17). The molecule has 0 aliphatic heterocycles. The van der Waals surface area contributed by atoms with Crippen LogP contribution in [0.5, 0.6) is 0 Å². The Labute approximate surface area is 110 Å². The second-order valence-corrected chi connectivity index (χ2v) is 6.06. The molecule has 6 heteroatoms. The fourth-order valence-corrected chi connectivity index (χ4v) is 1.50. The van der Waals surface area contributed by atoms with Gasteiger partial charge in [0, 0.05) is 11.3 Å². The van der Waals surface area contributed by atoms with E-state index in [1.807, 2.05) is 20.1 Å². The highest BCUT2D eigenvalue weighted by Crippen LogP contribution is 2.26. The van der Waals surface area contributed by atoms with Crippen molar-refractivity contribution < 1.29 is 14.3 Å². The number of nitrogens with one attached hydrogen (secondary N) is 1. The number of anilines is 2. The highest BCUT2D eigenvalue weighted by atomic mass is 32.2. The third-order valence-electron chi connectivity index (χ3n) is 2.63. The summed E-state index contributed by atoms with van der Waals surface area (Å²) >= 11 is 1.67. The number of carboxylic acids is 1. The quantitative estimate of drug-likeness (QED) is 0.718. The number of rotatable bonds is 5. The van der Waals surface area contributed by atoms with Gasteiger partial charge in [-0.3, -0.25) is 0 Å². The topological polar surface area (TPSA) is 75.3 Å². The predicted molar refractivity (Wildman–Crippen MR) is 73.9 cm³/mol. The van der Waals surface area contributed by atoms with Gasteiger partial charge in [0.25, 0.3) is 0 Å². The van der Waals surface area contributed by atoms with E-state index in [1.165, 1.54) is 0 Å². The van der Waals surface area contributed by atoms with Crippen LogP contribution in [0.15, 0.2) is 12.1 Å². The monoisotopic (exact) mass is 272 g/mol. The minimum absolute atomic E-state index is 0.0195. The SMILES string of the molecule is CSC(C)(C)CNc1cc(F)c(C(=O)O)cc1N. The molecule has 0 atom stereocenters. The normalized spacial score (nSPS) is 11.3. The first-order chi connectivity index (χ1) is 8.26. The molecule has 0 spiro atoms. The van der Waals surface area contributed by atoms with Crippen LogP contribution in [-0.2, 0) is 0 Å². The molecular weight excluding hydrogens is 255 g/mol. The van der Waals surface area contributed by atoms with Crippen molar-refractivity contribution >= 4 is 29.1 Å². The molecule has 0 aliphatic carbocycles. The molecule has 1 aromatic carbocycles. The number of aromatic carboxylic acids is 1. The first-order valence-electron chi connectivity index (χ1n) is 5.38. The molecule has 0 radical (unpaired) electrons. The van der Waals surface area contributed by atoms with Crippen molar-refractivity contribution in [3.63, 3.8) is 0 Å². The molecule has 1 aromatic rings. The Bertz CT molecular complexity index is 464. The summed E-state index contributed by atoms with van der Waals surface area (Å²) in [6, 6.07) is 2.25. The lowest BCUT2D eigenvalue weighted by molar-refractivity contribution is 0.0692. The second-order valence-electron chi connectivity index (χ2n) is 4.54. The van der Waals surface area contributed by atoms with Crippen molar-refractivity contribution in [2.24, 2.45) is 0 Å². The molecular formula is C12H17FN2O2S. The average Bonchev–Trinajstić information content (AvgIpc) is 2.29. The van der Waals surface area contributed by atoms with Crippen molar-refractivity contribution in [3.05, 3.63) is 23.5 Å². The molecule has 100 valence electrons. The van der Waals surface area contributed by atoms with E-state index in [2.05, 4.69) is 5.32 Å². The van der Waals surface area contributed by atoms with Gasteiger partial charge in [-0.15, -0.1) is 0 Å². The van der Waals surface area contributed by atoms with Crippen LogP contribution >= 0.6 is 11.8 Å². The molecule has 0 unspecified atom stereocenters. The summed E-state index contributed by atoms with van der Waals surface area (Å²) < 4.78 is 13.5. The summed E-state index contributed by atoms with van der Waals surface area (Å²) in [5, 5.41) is 11.8. The zero-order valence-electron chi connectivity index (χ0n) is 10.6. The van der Waals surface area contributed by atoms with Crippen molar-refractivity contribution in [2.75, 3.05) is 23.9 Å². The number of thioether (sulfide) groups is 1. The van der Waals surface area contributed by atoms with Gasteiger partial charge >= 0.3 is 5.97 Å². The zero-order chi connectivity index (χ0) is 13.9. The highest BCUT2D eigenvalue weighted by Gasteiger charge is 2.18. The second kappa shape index (κ2) is 5.48. The fraction of sp³-hybridized carbons (Fsp3) is 0.417. The number of benzene rings is 1. The van der Waals surface area contributed by atoms with Crippen molar-refractivity contribution in [1.82, 2.24) is 0 Å². The van der Waals surface area contributed by atoms with Crippen molar-refractivity contribution in [3.8, 4) is 0 Å². The van der Waals surface area contributed by atoms with Crippen LogP contribution in [0.3, 0.4) is 0 Å². The van der Waals surface area contributed by atoms with Crippen LogP contribution in [0.1, 0.15) is 24.2 Å². The minimum atomic E-state index is -1.32. The molecule has 1 rings (SSSR count). The molecule has 0 amide bonds. The average molecular weight is 272 g/mol. The van der Waals surface area contributed by atoms with Crippen LogP contribution in [0.25, 0.3) is 0 Å². The number of nitrogen functional groups attached to an aromatic ring is 1. The van der Waals surface area contributed by atoms with E-state index >= 15 is 0 Å². The Kier molecular flexibility index (Phi) is 4.45. The lowest BCUT2D eigenvalue weighted by atomic mass is 10.1. The molecule has 4 nitrogen and oxygen atoms in total. The molecule has 18 heavy (non-hydrogen) atoms. The third-order valence-corrected chi connectivity index (χ3v) is 3.88. The number of hydrogen-bond acceptors (Lipinski definition) is 4. The van der Waals surface area contributed by atoms with Crippen LogP contribution < -0.4 is 11.1 Å².